The number of nitrogens with two attached hydrogens (primary N) is 1. The Morgan fingerprint density at radius 3 is 2.53 bits per heavy atom. The van der Waals surface area contributed by atoms with E-state index in [0.29, 0.717) is 19.1 Å². The number of carbonyl (C=O) groups is 1. The molecule has 100 valence electrons. The van der Waals surface area contributed by atoms with E-state index < -0.39 is 0 Å². The van der Waals surface area contributed by atoms with Gasteiger partial charge in [0.1, 0.15) is 0 Å². The summed E-state index contributed by atoms with van der Waals surface area (Å²) < 4.78 is 0. The van der Waals surface area contributed by atoms with Crippen LogP contribution in [0.4, 0.5) is 0 Å². The molecule has 1 rings (SSSR count). The van der Waals surface area contributed by atoms with Crippen LogP contribution in [0.15, 0.2) is 0 Å². The van der Waals surface area contributed by atoms with E-state index in [1.165, 1.54) is 0 Å². The van der Waals surface area contributed by atoms with Gasteiger partial charge in [-0.1, -0.05) is 6.92 Å². The standard InChI is InChI=1S/C12H26N4O/c1-3-4-14-12(17)10-15-5-7-16(8-6-15)11(2)9-13/h11H,3-10,13H2,1-2H3,(H,14,17). The molecule has 5 nitrogen and oxygen atoms in total. The van der Waals surface area contributed by atoms with Gasteiger partial charge in [0.2, 0.25) is 5.91 Å². The molecule has 3 N–H and O–H groups in total. The van der Waals surface area contributed by atoms with Gasteiger partial charge in [-0.15, -0.1) is 0 Å². The van der Waals surface area contributed by atoms with Gasteiger partial charge in [-0.2, -0.15) is 0 Å². The molecule has 1 atom stereocenters. The molecule has 1 aliphatic rings. The predicted molar refractivity (Wildman–Crippen MR) is 69.8 cm³/mol. The van der Waals surface area contributed by atoms with Crippen LogP contribution in [-0.4, -0.2) is 67.6 Å². The van der Waals surface area contributed by atoms with Gasteiger partial charge in [0, 0.05) is 45.3 Å². The van der Waals surface area contributed by atoms with Crippen LogP contribution in [0.3, 0.4) is 0 Å². The Morgan fingerprint density at radius 2 is 2.00 bits per heavy atom. The van der Waals surface area contributed by atoms with Gasteiger partial charge in [-0.3, -0.25) is 14.6 Å². The molecule has 0 saturated carbocycles. The Labute approximate surface area is 104 Å². The number of nitrogens with zero attached hydrogens (tertiary/aromatic N) is 2. The van der Waals surface area contributed by atoms with Crippen LogP contribution in [0.1, 0.15) is 20.3 Å². The van der Waals surface area contributed by atoms with Gasteiger partial charge in [0.15, 0.2) is 0 Å². The van der Waals surface area contributed by atoms with Crippen molar-refractivity contribution in [1.82, 2.24) is 15.1 Å². The Bertz CT molecular complexity index is 227. The molecule has 0 spiro atoms. The van der Waals surface area contributed by atoms with Crippen molar-refractivity contribution in [2.75, 3.05) is 45.8 Å². The lowest BCUT2D eigenvalue weighted by molar-refractivity contribution is -0.122. The van der Waals surface area contributed by atoms with E-state index in [0.717, 1.165) is 39.1 Å². The summed E-state index contributed by atoms with van der Waals surface area (Å²) in [6.45, 7) is 10.2. The minimum absolute atomic E-state index is 0.146. The van der Waals surface area contributed by atoms with Gasteiger partial charge in [-0.25, -0.2) is 0 Å². The van der Waals surface area contributed by atoms with Crippen molar-refractivity contribution in [3.8, 4) is 0 Å². The average Bonchev–Trinajstić information content (AvgIpc) is 2.36. The molecule has 1 saturated heterocycles. The van der Waals surface area contributed by atoms with E-state index in [-0.39, 0.29) is 5.91 Å². The molecule has 1 heterocycles. The molecule has 0 aliphatic carbocycles. The van der Waals surface area contributed by atoms with Crippen molar-refractivity contribution in [3.63, 3.8) is 0 Å². The molecule has 1 aliphatic heterocycles. The Hall–Kier alpha value is -0.650. The summed E-state index contributed by atoms with van der Waals surface area (Å²) in [5.41, 5.74) is 5.65. The van der Waals surface area contributed by atoms with Crippen LogP contribution in [0.25, 0.3) is 0 Å². The lowest BCUT2D eigenvalue weighted by atomic mass is 10.2. The number of piperazine rings is 1. The summed E-state index contributed by atoms with van der Waals surface area (Å²) in [6, 6.07) is 0.450. The molecular weight excluding hydrogens is 216 g/mol. The van der Waals surface area contributed by atoms with Gasteiger partial charge >= 0.3 is 0 Å². The average molecular weight is 242 g/mol. The van der Waals surface area contributed by atoms with Gasteiger partial charge < -0.3 is 11.1 Å². The first-order chi connectivity index (χ1) is 8.17. The van der Waals surface area contributed by atoms with Crippen molar-refractivity contribution in [2.24, 2.45) is 5.73 Å². The minimum atomic E-state index is 0.146. The highest BCUT2D eigenvalue weighted by molar-refractivity contribution is 5.77. The van der Waals surface area contributed by atoms with Crippen LogP contribution in [0.5, 0.6) is 0 Å². The van der Waals surface area contributed by atoms with Crippen LogP contribution >= 0.6 is 0 Å². The molecule has 0 aromatic carbocycles. The zero-order valence-electron chi connectivity index (χ0n) is 11.1. The highest BCUT2D eigenvalue weighted by atomic mass is 16.2. The van der Waals surface area contributed by atoms with Crippen molar-refractivity contribution < 1.29 is 4.79 Å². The van der Waals surface area contributed by atoms with E-state index in [1.807, 2.05) is 0 Å². The quantitative estimate of drug-likeness (QED) is 0.658. The summed E-state index contributed by atoms with van der Waals surface area (Å²) in [7, 11) is 0. The van der Waals surface area contributed by atoms with Crippen LogP contribution < -0.4 is 11.1 Å². The summed E-state index contributed by atoms with van der Waals surface area (Å²) in [4.78, 5) is 16.2. The molecule has 0 aromatic rings. The van der Waals surface area contributed by atoms with Crippen molar-refractivity contribution >= 4 is 5.91 Å². The number of nitrogens with one attached hydrogen (secondary N) is 1. The fraction of sp³-hybridized carbons (Fsp3) is 0.917. The Morgan fingerprint density at radius 1 is 1.35 bits per heavy atom. The van der Waals surface area contributed by atoms with Crippen molar-refractivity contribution in [3.05, 3.63) is 0 Å². The third-order valence-corrected chi connectivity index (χ3v) is 3.31. The molecule has 1 fully saturated rings. The summed E-state index contributed by atoms with van der Waals surface area (Å²) in [5, 5.41) is 2.91. The lowest BCUT2D eigenvalue weighted by Gasteiger charge is -2.37. The summed E-state index contributed by atoms with van der Waals surface area (Å²) >= 11 is 0. The smallest absolute Gasteiger partial charge is 0.234 e. The summed E-state index contributed by atoms with van der Waals surface area (Å²) in [6.07, 6.45) is 0.994. The number of amides is 1. The Balaban J connectivity index is 2.20. The Kier molecular flexibility index (Phi) is 6.47. The first kappa shape index (κ1) is 14.4. The van der Waals surface area contributed by atoms with E-state index in [4.69, 9.17) is 5.73 Å². The molecule has 0 bridgehead atoms. The molecule has 0 radical (unpaired) electrons. The highest BCUT2D eigenvalue weighted by Crippen LogP contribution is 2.04. The van der Waals surface area contributed by atoms with Gasteiger partial charge in [-0.05, 0) is 13.3 Å². The SMILES string of the molecule is CCCNC(=O)CN1CCN(C(C)CN)CC1. The molecule has 1 unspecified atom stereocenters. The number of rotatable bonds is 6. The first-order valence-corrected chi connectivity index (χ1v) is 6.60. The van der Waals surface area contributed by atoms with Gasteiger partial charge in [0.05, 0.1) is 6.54 Å². The molecule has 17 heavy (non-hydrogen) atoms. The molecular formula is C12H26N4O. The number of hydrogen-bond acceptors (Lipinski definition) is 4. The van der Waals surface area contributed by atoms with E-state index in [9.17, 15) is 4.79 Å². The second-order valence-electron chi connectivity index (χ2n) is 4.75. The zero-order valence-corrected chi connectivity index (χ0v) is 11.1. The maximum atomic E-state index is 11.6. The van der Waals surface area contributed by atoms with E-state index >= 15 is 0 Å². The van der Waals surface area contributed by atoms with E-state index in [2.05, 4.69) is 29.0 Å². The maximum absolute atomic E-state index is 11.6. The summed E-state index contributed by atoms with van der Waals surface area (Å²) in [5.74, 6) is 0.146. The monoisotopic (exact) mass is 242 g/mol. The van der Waals surface area contributed by atoms with Gasteiger partial charge in [0.25, 0.3) is 0 Å². The first-order valence-electron chi connectivity index (χ1n) is 6.60. The van der Waals surface area contributed by atoms with Crippen LogP contribution in [0.2, 0.25) is 0 Å². The van der Waals surface area contributed by atoms with E-state index in [1.54, 1.807) is 0 Å². The topological polar surface area (TPSA) is 61.6 Å². The minimum Gasteiger partial charge on any atom is -0.355 e. The molecule has 5 heteroatoms. The molecule has 1 amide bonds. The van der Waals surface area contributed by atoms with Crippen LogP contribution in [0, 0.1) is 0 Å². The maximum Gasteiger partial charge on any atom is 0.234 e. The zero-order chi connectivity index (χ0) is 12.7. The van der Waals surface area contributed by atoms with Crippen LogP contribution in [-0.2, 0) is 4.79 Å². The number of hydrogen-bond donors (Lipinski definition) is 2. The van der Waals surface area contributed by atoms with Crippen molar-refractivity contribution in [2.45, 2.75) is 26.3 Å². The largest absolute Gasteiger partial charge is 0.355 e. The second kappa shape index (κ2) is 7.63. The second-order valence-corrected chi connectivity index (χ2v) is 4.75. The predicted octanol–water partition coefficient (Wildman–Crippen LogP) is -0.523. The fourth-order valence-corrected chi connectivity index (χ4v) is 2.03. The number of carbonyl (C=O) groups excluding carboxylic acids is 1. The third-order valence-electron chi connectivity index (χ3n) is 3.31. The lowest BCUT2D eigenvalue weighted by Crippen LogP contribution is -2.53. The van der Waals surface area contributed by atoms with Crippen molar-refractivity contribution in [1.29, 1.82) is 0 Å². The third kappa shape index (κ3) is 5.02. The fourth-order valence-electron chi connectivity index (χ4n) is 2.03. The normalized spacial score (nSPS) is 20.2. The molecule has 0 aromatic heterocycles. The highest BCUT2D eigenvalue weighted by Gasteiger charge is 2.21.